The van der Waals surface area contributed by atoms with Crippen molar-refractivity contribution in [1.82, 2.24) is 4.90 Å². The molecule has 0 bridgehead atoms. The van der Waals surface area contributed by atoms with Crippen LogP contribution >= 0.6 is 12.2 Å². The molecule has 1 aromatic carbocycles. The number of benzene rings is 1. The van der Waals surface area contributed by atoms with Crippen molar-refractivity contribution in [2.24, 2.45) is 5.73 Å². The van der Waals surface area contributed by atoms with Gasteiger partial charge in [-0.15, -0.1) is 0 Å². The number of carbonyl (C=O) groups is 1. The third-order valence-corrected chi connectivity index (χ3v) is 3.31. The zero-order valence-electron chi connectivity index (χ0n) is 12.5. The smallest absolute Gasteiger partial charge is 0.227 e. The third-order valence-electron chi connectivity index (χ3n) is 3.08. The van der Waals surface area contributed by atoms with Crippen molar-refractivity contribution in [3.63, 3.8) is 0 Å². The van der Waals surface area contributed by atoms with E-state index < -0.39 is 0 Å². The van der Waals surface area contributed by atoms with Crippen LogP contribution in [0.4, 0.5) is 0 Å². The van der Waals surface area contributed by atoms with Crippen LogP contribution in [-0.2, 0) is 20.7 Å². The minimum Gasteiger partial charge on any atom is -0.389 e. The number of carbonyl (C=O) groups excluding carboxylic acids is 1. The van der Waals surface area contributed by atoms with E-state index in [0.717, 1.165) is 11.1 Å². The number of thiocarbonyl (C=S) groups is 1. The summed E-state index contributed by atoms with van der Waals surface area (Å²) in [5.74, 6) is 0.0483. The van der Waals surface area contributed by atoms with Gasteiger partial charge in [-0.1, -0.05) is 36.5 Å². The van der Waals surface area contributed by atoms with E-state index >= 15 is 0 Å². The molecule has 5 nitrogen and oxygen atoms in total. The minimum absolute atomic E-state index is 0.0483. The average molecular weight is 310 g/mol. The van der Waals surface area contributed by atoms with Crippen molar-refractivity contribution in [1.29, 1.82) is 0 Å². The summed E-state index contributed by atoms with van der Waals surface area (Å²) in [6.45, 7) is 2.14. The Labute approximate surface area is 131 Å². The molecule has 1 amide bonds. The predicted molar refractivity (Wildman–Crippen MR) is 86.4 cm³/mol. The van der Waals surface area contributed by atoms with Crippen molar-refractivity contribution in [3.8, 4) is 0 Å². The Kier molecular flexibility index (Phi) is 7.89. The van der Waals surface area contributed by atoms with Gasteiger partial charge in [0.2, 0.25) is 5.91 Å². The highest BCUT2D eigenvalue weighted by Gasteiger charge is 2.13. The largest absolute Gasteiger partial charge is 0.389 e. The lowest BCUT2D eigenvalue weighted by atomic mass is 10.1. The summed E-state index contributed by atoms with van der Waals surface area (Å²) in [6.07, 6.45) is 0.338. The highest BCUT2D eigenvalue weighted by Crippen LogP contribution is 2.07. The second-order valence-electron chi connectivity index (χ2n) is 4.60. The Bertz CT molecular complexity index is 454. The van der Waals surface area contributed by atoms with Crippen LogP contribution in [0.15, 0.2) is 24.3 Å². The summed E-state index contributed by atoms with van der Waals surface area (Å²) in [7, 11) is 3.24. The lowest BCUT2D eigenvalue weighted by Crippen LogP contribution is -2.37. The molecule has 0 spiro atoms. The molecule has 0 aliphatic heterocycles. The molecule has 2 N–H and O–H groups in total. The Balaban J connectivity index is 2.64. The van der Waals surface area contributed by atoms with Gasteiger partial charge in [-0.25, -0.2) is 0 Å². The van der Waals surface area contributed by atoms with Crippen LogP contribution in [0.5, 0.6) is 0 Å². The van der Waals surface area contributed by atoms with Gasteiger partial charge in [0.25, 0.3) is 0 Å². The predicted octanol–water partition coefficient (Wildman–Crippen LogP) is 0.985. The minimum atomic E-state index is 0.0483. The average Bonchev–Trinajstić information content (AvgIpc) is 2.47. The fourth-order valence-electron chi connectivity index (χ4n) is 1.84. The molecule has 0 saturated heterocycles. The van der Waals surface area contributed by atoms with Crippen molar-refractivity contribution in [2.45, 2.75) is 6.42 Å². The molecule has 0 saturated carbocycles. The maximum absolute atomic E-state index is 12.3. The molecule has 0 radical (unpaired) electrons. The molecular weight excluding hydrogens is 288 g/mol. The molecule has 1 aromatic rings. The molecular formula is C15H22N2O3S. The first kappa shape index (κ1) is 17.6. The van der Waals surface area contributed by atoms with Crippen LogP contribution < -0.4 is 5.73 Å². The van der Waals surface area contributed by atoms with E-state index in [1.54, 1.807) is 19.1 Å². The summed E-state index contributed by atoms with van der Waals surface area (Å²) in [6, 6.07) is 7.41. The van der Waals surface area contributed by atoms with Gasteiger partial charge in [0.05, 0.1) is 19.6 Å². The van der Waals surface area contributed by atoms with Gasteiger partial charge in [-0.2, -0.15) is 0 Å². The summed E-state index contributed by atoms with van der Waals surface area (Å²) >= 11 is 4.91. The fourth-order valence-corrected chi connectivity index (χ4v) is 1.97. The lowest BCUT2D eigenvalue weighted by molar-refractivity contribution is -0.131. The third kappa shape index (κ3) is 6.20. The summed E-state index contributed by atoms with van der Waals surface area (Å²) in [5.41, 5.74) is 7.28. The van der Waals surface area contributed by atoms with Crippen molar-refractivity contribution in [3.05, 3.63) is 35.4 Å². The van der Waals surface area contributed by atoms with Gasteiger partial charge >= 0.3 is 0 Å². The first-order chi connectivity index (χ1) is 10.1. The normalized spacial score (nSPS) is 10.4. The van der Waals surface area contributed by atoms with E-state index in [9.17, 15) is 4.79 Å². The first-order valence-electron chi connectivity index (χ1n) is 6.73. The zero-order valence-corrected chi connectivity index (χ0v) is 13.3. The highest BCUT2D eigenvalue weighted by molar-refractivity contribution is 7.80. The molecule has 0 aliphatic rings. The van der Waals surface area contributed by atoms with Crippen LogP contribution in [0.1, 0.15) is 11.1 Å². The van der Waals surface area contributed by atoms with Crippen molar-refractivity contribution < 1.29 is 14.3 Å². The van der Waals surface area contributed by atoms with Gasteiger partial charge in [0.15, 0.2) is 0 Å². The Morgan fingerprint density at radius 2 is 1.67 bits per heavy atom. The lowest BCUT2D eigenvalue weighted by Gasteiger charge is -2.22. The van der Waals surface area contributed by atoms with E-state index in [0.29, 0.717) is 37.7 Å². The summed E-state index contributed by atoms with van der Waals surface area (Å²) < 4.78 is 10.1. The fraction of sp³-hybridized carbons (Fsp3) is 0.467. The van der Waals surface area contributed by atoms with Crippen LogP contribution in [0, 0.1) is 0 Å². The molecule has 0 heterocycles. The summed E-state index contributed by atoms with van der Waals surface area (Å²) in [5, 5.41) is 0. The second-order valence-corrected chi connectivity index (χ2v) is 5.04. The van der Waals surface area contributed by atoms with Gasteiger partial charge in [-0.3, -0.25) is 4.79 Å². The summed E-state index contributed by atoms with van der Waals surface area (Å²) in [4.78, 5) is 14.4. The van der Waals surface area contributed by atoms with Gasteiger partial charge in [0, 0.05) is 32.9 Å². The topological polar surface area (TPSA) is 64.8 Å². The van der Waals surface area contributed by atoms with Crippen molar-refractivity contribution >= 4 is 23.1 Å². The number of methoxy groups -OCH3 is 2. The first-order valence-corrected chi connectivity index (χ1v) is 7.13. The monoisotopic (exact) mass is 310 g/mol. The number of hydrogen-bond donors (Lipinski definition) is 1. The molecule has 0 unspecified atom stereocenters. The number of hydrogen-bond acceptors (Lipinski definition) is 4. The standard InChI is InChI=1S/C15H22N2O3S/c1-19-9-7-17(8-10-20-2)14(18)11-12-3-5-13(6-4-12)15(16)21/h3-6H,7-11H2,1-2H3,(H2,16,21). The molecule has 1 rings (SSSR count). The molecule has 0 aromatic heterocycles. The second kappa shape index (κ2) is 9.44. The van der Waals surface area contributed by atoms with Gasteiger partial charge in [-0.05, 0) is 5.56 Å². The maximum atomic E-state index is 12.3. The maximum Gasteiger partial charge on any atom is 0.227 e. The Morgan fingerprint density at radius 3 is 2.10 bits per heavy atom. The van der Waals surface area contributed by atoms with Crippen LogP contribution in [0.3, 0.4) is 0 Å². The van der Waals surface area contributed by atoms with E-state index in [-0.39, 0.29) is 5.91 Å². The molecule has 6 heteroatoms. The van der Waals surface area contributed by atoms with E-state index in [1.165, 1.54) is 0 Å². The quantitative estimate of drug-likeness (QED) is 0.689. The van der Waals surface area contributed by atoms with E-state index in [1.807, 2.05) is 24.3 Å². The molecule has 0 atom stereocenters. The Hall–Kier alpha value is -1.50. The molecule has 0 fully saturated rings. The van der Waals surface area contributed by atoms with Crippen molar-refractivity contribution in [2.75, 3.05) is 40.5 Å². The molecule has 21 heavy (non-hydrogen) atoms. The molecule has 0 aliphatic carbocycles. The van der Waals surface area contributed by atoms with Gasteiger partial charge < -0.3 is 20.1 Å². The van der Waals surface area contributed by atoms with E-state index in [2.05, 4.69) is 0 Å². The number of nitrogens with two attached hydrogens (primary N) is 1. The Morgan fingerprint density at radius 1 is 1.14 bits per heavy atom. The number of amides is 1. The molecule has 116 valence electrons. The SMILES string of the molecule is COCCN(CCOC)C(=O)Cc1ccc(C(N)=S)cc1. The van der Waals surface area contributed by atoms with Gasteiger partial charge in [0.1, 0.15) is 4.99 Å². The number of rotatable bonds is 9. The number of ether oxygens (including phenoxy) is 2. The zero-order chi connectivity index (χ0) is 15.7. The number of nitrogens with zero attached hydrogens (tertiary/aromatic N) is 1. The van der Waals surface area contributed by atoms with Crippen LogP contribution in [0.2, 0.25) is 0 Å². The van der Waals surface area contributed by atoms with Crippen LogP contribution in [0.25, 0.3) is 0 Å². The highest BCUT2D eigenvalue weighted by atomic mass is 32.1. The van der Waals surface area contributed by atoms with E-state index in [4.69, 9.17) is 27.4 Å². The van der Waals surface area contributed by atoms with Crippen LogP contribution in [-0.4, -0.2) is 56.3 Å².